The molecule has 0 spiro atoms. The quantitative estimate of drug-likeness (QED) is 0.580. The summed E-state index contributed by atoms with van der Waals surface area (Å²) >= 11 is 5.85. The molecule has 1 aliphatic heterocycles. The number of amides is 1. The molecule has 3 aromatic rings. The minimum absolute atomic E-state index is 0.156. The second-order valence-corrected chi connectivity index (χ2v) is 9.91. The first-order valence-electron chi connectivity index (χ1n) is 9.49. The van der Waals surface area contributed by atoms with E-state index >= 15 is 0 Å². The van der Waals surface area contributed by atoms with Gasteiger partial charge in [-0.05, 0) is 66.1 Å². The van der Waals surface area contributed by atoms with E-state index in [1.165, 1.54) is 24.3 Å². The van der Waals surface area contributed by atoms with Crippen LogP contribution in [0.15, 0.2) is 77.7 Å². The topological polar surface area (TPSA) is 54.5 Å². The highest BCUT2D eigenvalue weighted by atomic mass is 35.5. The van der Waals surface area contributed by atoms with E-state index in [0.717, 1.165) is 11.1 Å². The molecule has 1 atom stereocenters. The molecular weight excluding hydrogens is 425 g/mol. The fourth-order valence-corrected chi connectivity index (χ4v) is 5.43. The molecule has 1 heterocycles. The van der Waals surface area contributed by atoms with Crippen LogP contribution in [0.5, 0.6) is 0 Å². The summed E-state index contributed by atoms with van der Waals surface area (Å²) in [6, 6.07) is 19.3. The number of halogens is 2. The van der Waals surface area contributed by atoms with Gasteiger partial charge in [-0.15, -0.1) is 0 Å². The Labute approximate surface area is 179 Å². The standard InChI is InChI=1S/C23H19ClFNO3S/c24-19-7-11-21(12-8-19)30(28,29)22-13-14-26(15-22)23(27)18-3-1-16(2-4-18)17-5-9-20(25)10-6-17/h1-12,22H,13-15H2/t22-/m0/s1. The van der Waals surface area contributed by atoms with E-state index in [4.69, 9.17) is 11.6 Å². The molecule has 4 nitrogen and oxygen atoms in total. The van der Waals surface area contributed by atoms with E-state index in [9.17, 15) is 17.6 Å². The average Bonchev–Trinajstić information content (AvgIpc) is 3.25. The number of likely N-dealkylation sites (tertiary alicyclic amines) is 1. The molecule has 1 amide bonds. The van der Waals surface area contributed by atoms with Crippen LogP contribution in [-0.2, 0) is 9.84 Å². The molecule has 4 rings (SSSR count). The van der Waals surface area contributed by atoms with Gasteiger partial charge in [-0.25, -0.2) is 12.8 Å². The summed E-state index contributed by atoms with van der Waals surface area (Å²) in [7, 11) is -3.53. The van der Waals surface area contributed by atoms with E-state index in [1.807, 2.05) is 0 Å². The molecule has 0 radical (unpaired) electrons. The molecule has 0 saturated carbocycles. The van der Waals surface area contributed by atoms with Gasteiger partial charge in [0.25, 0.3) is 5.91 Å². The Bertz CT molecular complexity index is 1160. The Morgan fingerprint density at radius 2 is 1.47 bits per heavy atom. The maximum absolute atomic E-state index is 13.1. The molecule has 0 unspecified atom stereocenters. The van der Waals surface area contributed by atoms with Crippen LogP contribution in [0.3, 0.4) is 0 Å². The van der Waals surface area contributed by atoms with E-state index in [0.29, 0.717) is 23.6 Å². The zero-order valence-electron chi connectivity index (χ0n) is 16.0. The minimum Gasteiger partial charge on any atom is -0.337 e. The third-order valence-electron chi connectivity index (χ3n) is 5.32. The molecule has 3 aromatic carbocycles. The van der Waals surface area contributed by atoms with Gasteiger partial charge in [0, 0.05) is 23.7 Å². The first-order valence-corrected chi connectivity index (χ1v) is 11.4. The Morgan fingerprint density at radius 1 is 0.900 bits per heavy atom. The van der Waals surface area contributed by atoms with Crippen LogP contribution in [-0.4, -0.2) is 37.6 Å². The van der Waals surface area contributed by atoms with Crippen molar-refractivity contribution in [2.75, 3.05) is 13.1 Å². The molecule has 0 aromatic heterocycles. The van der Waals surface area contributed by atoms with Crippen molar-refractivity contribution >= 4 is 27.3 Å². The SMILES string of the molecule is O=C(c1ccc(-c2ccc(F)cc2)cc1)N1CC[C@H](S(=O)(=O)c2ccc(Cl)cc2)C1. The molecule has 7 heteroatoms. The van der Waals surface area contributed by atoms with Gasteiger partial charge in [0.15, 0.2) is 9.84 Å². The molecule has 0 N–H and O–H groups in total. The largest absolute Gasteiger partial charge is 0.337 e. The lowest BCUT2D eigenvalue weighted by Gasteiger charge is -2.17. The highest BCUT2D eigenvalue weighted by Crippen LogP contribution is 2.27. The molecule has 30 heavy (non-hydrogen) atoms. The molecule has 0 aliphatic carbocycles. The van der Waals surface area contributed by atoms with Gasteiger partial charge in [0.2, 0.25) is 0 Å². The second-order valence-electron chi connectivity index (χ2n) is 7.25. The number of hydrogen-bond acceptors (Lipinski definition) is 3. The molecule has 1 saturated heterocycles. The number of rotatable bonds is 4. The summed E-state index contributed by atoms with van der Waals surface area (Å²) in [5.74, 6) is -0.503. The molecule has 0 bridgehead atoms. The Morgan fingerprint density at radius 3 is 2.07 bits per heavy atom. The lowest BCUT2D eigenvalue weighted by atomic mass is 10.0. The maximum atomic E-state index is 13.1. The van der Waals surface area contributed by atoms with Gasteiger partial charge in [0.1, 0.15) is 5.82 Å². The first kappa shape index (κ1) is 20.6. The van der Waals surface area contributed by atoms with Crippen molar-refractivity contribution in [2.24, 2.45) is 0 Å². The van der Waals surface area contributed by atoms with Gasteiger partial charge in [0.05, 0.1) is 10.1 Å². The van der Waals surface area contributed by atoms with Crippen LogP contribution in [0.1, 0.15) is 16.8 Å². The highest BCUT2D eigenvalue weighted by Gasteiger charge is 2.36. The van der Waals surface area contributed by atoms with Gasteiger partial charge in [-0.1, -0.05) is 35.9 Å². The summed E-state index contributed by atoms with van der Waals surface area (Å²) in [5, 5.41) is -0.164. The Balaban J connectivity index is 1.47. The van der Waals surface area contributed by atoms with Crippen LogP contribution in [0.4, 0.5) is 4.39 Å². The Hall–Kier alpha value is -2.70. The van der Waals surface area contributed by atoms with Crippen molar-refractivity contribution in [1.82, 2.24) is 4.90 Å². The fourth-order valence-electron chi connectivity index (χ4n) is 3.61. The zero-order chi connectivity index (χ0) is 21.3. The summed E-state index contributed by atoms with van der Waals surface area (Å²) < 4.78 is 38.8. The van der Waals surface area contributed by atoms with Crippen molar-refractivity contribution in [3.8, 4) is 11.1 Å². The summed E-state index contributed by atoms with van der Waals surface area (Å²) in [5.41, 5.74) is 2.22. The van der Waals surface area contributed by atoms with Gasteiger partial charge in [-0.3, -0.25) is 4.79 Å². The van der Waals surface area contributed by atoms with Crippen LogP contribution in [0.2, 0.25) is 5.02 Å². The lowest BCUT2D eigenvalue weighted by molar-refractivity contribution is 0.0793. The lowest BCUT2D eigenvalue weighted by Crippen LogP contribution is -2.31. The monoisotopic (exact) mass is 443 g/mol. The van der Waals surface area contributed by atoms with Crippen LogP contribution in [0.25, 0.3) is 11.1 Å². The van der Waals surface area contributed by atoms with E-state index in [-0.39, 0.29) is 23.2 Å². The molecular formula is C23H19ClFNO3S. The van der Waals surface area contributed by atoms with Gasteiger partial charge >= 0.3 is 0 Å². The smallest absolute Gasteiger partial charge is 0.253 e. The minimum atomic E-state index is -3.53. The van der Waals surface area contributed by atoms with Gasteiger partial charge < -0.3 is 4.90 Å². The van der Waals surface area contributed by atoms with E-state index in [2.05, 4.69) is 0 Å². The third-order valence-corrected chi connectivity index (χ3v) is 7.77. The van der Waals surface area contributed by atoms with Crippen LogP contribution in [0, 0.1) is 5.82 Å². The number of sulfone groups is 1. The fraction of sp³-hybridized carbons (Fsp3) is 0.174. The van der Waals surface area contributed by atoms with E-state index < -0.39 is 15.1 Å². The molecule has 1 aliphatic rings. The van der Waals surface area contributed by atoms with Crippen molar-refractivity contribution in [3.63, 3.8) is 0 Å². The summed E-state index contributed by atoms with van der Waals surface area (Å²) in [4.78, 5) is 14.6. The third kappa shape index (κ3) is 4.11. The average molecular weight is 444 g/mol. The van der Waals surface area contributed by atoms with Crippen molar-refractivity contribution in [3.05, 3.63) is 89.2 Å². The van der Waals surface area contributed by atoms with Crippen LogP contribution < -0.4 is 0 Å². The molecule has 154 valence electrons. The van der Waals surface area contributed by atoms with Crippen molar-refractivity contribution in [1.29, 1.82) is 0 Å². The summed E-state index contributed by atoms with van der Waals surface area (Å²) in [6.45, 7) is 0.541. The molecule has 1 fully saturated rings. The van der Waals surface area contributed by atoms with E-state index in [1.54, 1.807) is 53.4 Å². The number of hydrogen-bond donors (Lipinski definition) is 0. The van der Waals surface area contributed by atoms with Crippen LogP contribution >= 0.6 is 11.6 Å². The second kappa shape index (κ2) is 8.20. The number of carbonyl (C=O) groups excluding carboxylic acids is 1. The zero-order valence-corrected chi connectivity index (χ0v) is 17.5. The first-order chi connectivity index (χ1) is 14.3. The maximum Gasteiger partial charge on any atom is 0.253 e. The number of benzene rings is 3. The van der Waals surface area contributed by atoms with Gasteiger partial charge in [-0.2, -0.15) is 0 Å². The normalized spacial score (nSPS) is 16.6. The number of nitrogens with zero attached hydrogens (tertiary/aromatic N) is 1. The predicted molar refractivity (Wildman–Crippen MR) is 115 cm³/mol. The predicted octanol–water partition coefficient (Wildman–Crippen LogP) is 4.83. The summed E-state index contributed by atoms with van der Waals surface area (Å²) in [6.07, 6.45) is 0.393. The van der Waals surface area contributed by atoms with Crippen molar-refractivity contribution in [2.45, 2.75) is 16.6 Å². The van der Waals surface area contributed by atoms with Crippen molar-refractivity contribution < 1.29 is 17.6 Å². The highest BCUT2D eigenvalue weighted by molar-refractivity contribution is 7.92. The number of carbonyl (C=O) groups is 1. The Kier molecular flexibility index (Phi) is 5.62.